The third-order valence-corrected chi connectivity index (χ3v) is 4.99. The Morgan fingerprint density at radius 3 is 2.42 bits per heavy atom. The second-order valence-corrected chi connectivity index (χ2v) is 6.75. The van der Waals surface area contributed by atoms with Crippen LogP contribution in [0.3, 0.4) is 0 Å². The number of hydrogen-bond donors (Lipinski definition) is 1. The third-order valence-electron chi connectivity index (χ3n) is 3.10. The van der Waals surface area contributed by atoms with Gasteiger partial charge in [-0.15, -0.1) is 0 Å². The van der Waals surface area contributed by atoms with Crippen LogP contribution >= 0.6 is 0 Å². The molecule has 1 saturated carbocycles. The SMILES string of the molecule is Cc1cc(C(F)(F)F)ccc1CNS(=O)(=O)C1CC1. The normalized spacial score (nSPS) is 16.6. The molecule has 1 aliphatic rings. The molecule has 0 spiro atoms. The number of hydrogen-bond acceptors (Lipinski definition) is 2. The fraction of sp³-hybridized carbons (Fsp3) is 0.500. The second-order valence-electron chi connectivity index (χ2n) is 4.70. The van der Waals surface area contributed by atoms with Crippen molar-refractivity contribution in [2.24, 2.45) is 0 Å². The first kappa shape index (κ1) is 14.3. The predicted molar refractivity (Wildman–Crippen MR) is 65.0 cm³/mol. The van der Waals surface area contributed by atoms with E-state index in [1.807, 2.05) is 0 Å². The summed E-state index contributed by atoms with van der Waals surface area (Å²) in [6.07, 6.45) is -3.07. The molecule has 0 atom stereocenters. The van der Waals surface area contributed by atoms with Gasteiger partial charge in [0.15, 0.2) is 0 Å². The molecule has 1 aliphatic carbocycles. The van der Waals surface area contributed by atoms with Crippen molar-refractivity contribution >= 4 is 10.0 Å². The van der Waals surface area contributed by atoms with Crippen LogP contribution in [0.5, 0.6) is 0 Å². The van der Waals surface area contributed by atoms with Gasteiger partial charge in [0.25, 0.3) is 0 Å². The molecule has 0 aromatic heterocycles. The van der Waals surface area contributed by atoms with E-state index in [4.69, 9.17) is 0 Å². The van der Waals surface area contributed by atoms with Crippen LogP contribution in [-0.2, 0) is 22.7 Å². The van der Waals surface area contributed by atoms with E-state index in [0.29, 0.717) is 24.0 Å². The summed E-state index contributed by atoms with van der Waals surface area (Å²) in [6, 6.07) is 3.31. The largest absolute Gasteiger partial charge is 0.416 e. The molecule has 0 unspecified atom stereocenters. The van der Waals surface area contributed by atoms with Gasteiger partial charge >= 0.3 is 6.18 Å². The maximum atomic E-state index is 12.5. The summed E-state index contributed by atoms with van der Waals surface area (Å²) < 4.78 is 63.1. The maximum Gasteiger partial charge on any atom is 0.416 e. The van der Waals surface area contributed by atoms with Gasteiger partial charge in [0.2, 0.25) is 10.0 Å². The molecule has 0 bridgehead atoms. The number of sulfonamides is 1. The van der Waals surface area contributed by atoms with Crippen LogP contribution in [0.25, 0.3) is 0 Å². The first-order valence-electron chi connectivity index (χ1n) is 5.85. The van der Waals surface area contributed by atoms with Crippen molar-refractivity contribution < 1.29 is 21.6 Å². The van der Waals surface area contributed by atoms with Gasteiger partial charge in [-0.3, -0.25) is 0 Å². The first-order valence-corrected chi connectivity index (χ1v) is 7.40. The summed E-state index contributed by atoms with van der Waals surface area (Å²) >= 11 is 0. The predicted octanol–water partition coefficient (Wildman–Crippen LogP) is 2.60. The summed E-state index contributed by atoms with van der Waals surface area (Å²) in [6.45, 7) is 1.57. The molecule has 7 heteroatoms. The Morgan fingerprint density at radius 2 is 1.95 bits per heavy atom. The highest BCUT2D eigenvalue weighted by atomic mass is 32.2. The van der Waals surface area contributed by atoms with Gasteiger partial charge in [-0.05, 0) is 43.0 Å². The van der Waals surface area contributed by atoms with Crippen LogP contribution in [0.15, 0.2) is 18.2 Å². The van der Waals surface area contributed by atoms with Crippen molar-refractivity contribution in [3.63, 3.8) is 0 Å². The van der Waals surface area contributed by atoms with E-state index in [2.05, 4.69) is 4.72 Å². The molecule has 2 rings (SSSR count). The molecule has 106 valence electrons. The van der Waals surface area contributed by atoms with Crippen molar-refractivity contribution in [1.29, 1.82) is 0 Å². The average molecular weight is 293 g/mol. The zero-order valence-electron chi connectivity index (χ0n) is 10.3. The van der Waals surface area contributed by atoms with E-state index in [1.54, 1.807) is 0 Å². The van der Waals surface area contributed by atoms with Crippen LogP contribution in [0, 0.1) is 6.92 Å². The molecular formula is C12H14F3NO2S. The van der Waals surface area contributed by atoms with Gasteiger partial charge in [-0.1, -0.05) is 6.07 Å². The Kier molecular flexibility index (Phi) is 3.61. The van der Waals surface area contributed by atoms with Crippen LogP contribution in [0.1, 0.15) is 29.5 Å². The minimum atomic E-state index is -4.38. The Hall–Kier alpha value is -1.08. The topological polar surface area (TPSA) is 46.2 Å². The van der Waals surface area contributed by atoms with Gasteiger partial charge in [-0.25, -0.2) is 13.1 Å². The van der Waals surface area contributed by atoms with E-state index in [0.717, 1.165) is 12.1 Å². The van der Waals surface area contributed by atoms with Crippen LogP contribution < -0.4 is 4.72 Å². The quantitative estimate of drug-likeness (QED) is 0.927. The molecule has 3 nitrogen and oxygen atoms in total. The summed E-state index contributed by atoms with van der Waals surface area (Å²) in [7, 11) is -3.31. The number of aryl methyl sites for hydroxylation is 1. The van der Waals surface area contributed by atoms with Crippen molar-refractivity contribution in [2.75, 3.05) is 0 Å². The van der Waals surface area contributed by atoms with Gasteiger partial charge in [0.05, 0.1) is 10.8 Å². The maximum absolute atomic E-state index is 12.5. The lowest BCUT2D eigenvalue weighted by atomic mass is 10.1. The minimum Gasteiger partial charge on any atom is -0.212 e. The standard InChI is InChI=1S/C12H14F3NO2S/c1-8-6-10(12(13,14)15)3-2-9(8)7-16-19(17,18)11-4-5-11/h2-3,6,11,16H,4-5,7H2,1H3. The van der Waals surface area contributed by atoms with E-state index < -0.39 is 21.8 Å². The van der Waals surface area contributed by atoms with Gasteiger partial charge in [0.1, 0.15) is 0 Å². The molecule has 19 heavy (non-hydrogen) atoms. The third kappa shape index (κ3) is 3.48. The van der Waals surface area contributed by atoms with Crippen LogP contribution in [-0.4, -0.2) is 13.7 Å². The lowest BCUT2D eigenvalue weighted by molar-refractivity contribution is -0.137. The number of rotatable bonds is 4. The smallest absolute Gasteiger partial charge is 0.212 e. The highest BCUT2D eigenvalue weighted by Gasteiger charge is 2.35. The fourth-order valence-corrected chi connectivity index (χ4v) is 3.09. The Balaban J connectivity index is 2.09. The van der Waals surface area contributed by atoms with Gasteiger partial charge in [-0.2, -0.15) is 13.2 Å². The molecule has 0 radical (unpaired) electrons. The first-order chi connectivity index (χ1) is 8.70. The molecule has 1 fully saturated rings. The summed E-state index contributed by atoms with van der Waals surface area (Å²) in [5, 5.41) is -0.331. The van der Waals surface area contributed by atoms with E-state index in [9.17, 15) is 21.6 Å². The lowest BCUT2D eigenvalue weighted by Gasteiger charge is -2.12. The zero-order valence-corrected chi connectivity index (χ0v) is 11.1. The summed E-state index contributed by atoms with van der Waals surface area (Å²) in [5.74, 6) is 0. The van der Waals surface area contributed by atoms with Crippen molar-refractivity contribution in [2.45, 2.75) is 37.7 Å². The van der Waals surface area contributed by atoms with Gasteiger partial charge in [0, 0.05) is 6.54 Å². The Labute approximate surface area is 109 Å². The highest BCUT2D eigenvalue weighted by Crippen LogP contribution is 2.31. The van der Waals surface area contributed by atoms with Crippen molar-refractivity contribution in [3.05, 3.63) is 34.9 Å². The molecular weight excluding hydrogens is 279 g/mol. The molecule has 1 N–H and O–H groups in total. The van der Waals surface area contributed by atoms with Crippen LogP contribution in [0.4, 0.5) is 13.2 Å². The number of alkyl halides is 3. The van der Waals surface area contributed by atoms with Crippen molar-refractivity contribution in [1.82, 2.24) is 4.72 Å². The van der Waals surface area contributed by atoms with E-state index >= 15 is 0 Å². The lowest BCUT2D eigenvalue weighted by Crippen LogP contribution is -2.27. The highest BCUT2D eigenvalue weighted by molar-refractivity contribution is 7.90. The fourth-order valence-electron chi connectivity index (χ4n) is 1.75. The molecule has 0 heterocycles. The van der Waals surface area contributed by atoms with Crippen molar-refractivity contribution in [3.8, 4) is 0 Å². The number of nitrogens with one attached hydrogen (secondary N) is 1. The molecule has 0 amide bonds. The Morgan fingerprint density at radius 1 is 1.32 bits per heavy atom. The van der Waals surface area contributed by atoms with E-state index in [-0.39, 0.29) is 11.8 Å². The minimum absolute atomic E-state index is 0.0306. The monoisotopic (exact) mass is 293 g/mol. The molecule has 0 saturated heterocycles. The van der Waals surface area contributed by atoms with E-state index in [1.165, 1.54) is 13.0 Å². The zero-order chi connectivity index (χ0) is 14.3. The molecule has 1 aromatic rings. The summed E-state index contributed by atoms with van der Waals surface area (Å²) in [5.41, 5.74) is 0.254. The molecule has 0 aliphatic heterocycles. The number of halogens is 3. The average Bonchev–Trinajstić information content (AvgIpc) is 3.10. The second kappa shape index (κ2) is 4.79. The number of benzene rings is 1. The molecule has 1 aromatic carbocycles. The Bertz CT molecular complexity index is 577. The van der Waals surface area contributed by atoms with Gasteiger partial charge < -0.3 is 0 Å². The van der Waals surface area contributed by atoms with Crippen LogP contribution in [0.2, 0.25) is 0 Å². The summed E-state index contributed by atoms with van der Waals surface area (Å²) in [4.78, 5) is 0.